The average Bonchev–Trinajstić information content (AvgIpc) is 2.77. The quantitative estimate of drug-likeness (QED) is 0.339. The number of guanidine groups is 1. The first-order valence-corrected chi connectivity index (χ1v) is 11.4. The highest BCUT2D eigenvalue weighted by atomic mass is 127. The zero-order valence-electron chi connectivity index (χ0n) is 18.5. The summed E-state index contributed by atoms with van der Waals surface area (Å²) in [4.78, 5) is 10.2. The van der Waals surface area contributed by atoms with Gasteiger partial charge in [0.05, 0.1) is 6.10 Å². The van der Waals surface area contributed by atoms with Gasteiger partial charge in [0, 0.05) is 70.9 Å². The maximum atomic E-state index is 6.18. The fraction of sp³-hybridized carbons (Fsp3) is 0.696. The molecule has 4 aliphatic heterocycles. The van der Waals surface area contributed by atoms with E-state index in [1.54, 1.807) is 0 Å². The number of piperazine rings is 3. The highest BCUT2D eigenvalue weighted by molar-refractivity contribution is 14.0. The Morgan fingerprint density at radius 2 is 1.90 bits per heavy atom. The van der Waals surface area contributed by atoms with Crippen molar-refractivity contribution >= 4 is 29.9 Å². The van der Waals surface area contributed by atoms with Gasteiger partial charge in [-0.25, -0.2) is 0 Å². The molecule has 0 amide bonds. The number of aliphatic imine (C=N–C) groups is 1. The molecule has 4 aliphatic rings. The van der Waals surface area contributed by atoms with Crippen LogP contribution in [0.2, 0.25) is 0 Å². The molecule has 2 bridgehead atoms. The molecule has 2 N–H and O–H groups in total. The number of benzene rings is 1. The third-order valence-electron chi connectivity index (χ3n) is 6.58. The van der Waals surface area contributed by atoms with Gasteiger partial charge in [-0.1, -0.05) is 29.8 Å². The number of fused-ring (bicyclic) bond motifs is 3. The van der Waals surface area contributed by atoms with Crippen molar-refractivity contribution in [2.75, 3.05) is 59.0 Å². The molecule has 3 atom stereocenters. The van der Waals surface area contributed by atoms with Crippen LogP contribution in [0.15, 0.2) is 29.3 Å². The minimum Gasteiger partial charge on any atom is -0.373 e. The van der Waals surface area contributed by atoms with Crippen LogP contribution in [0.4, 0.5) is 0 Å². The van der Waals surface area contributed by atoms with E-state index < -0.39 is 0 Å². The Bertz CT molecular complexity index is 675. The van der Waals surface area contributed by atoms with E-state index in [0.29, 0.717) is 12.0 Å². The largest absolute Gasteiger partial charge is 0.373 e. The normalized spacial score (nSPS) is 31.1. The second-order valence-electron chi connectivity index (χ2n) is 8.70. The van der Waals surface area contributed by atoms with E-state index in [2.05, 4.69) is 58.5 Å². The van der Waals surface area contributed by atoms with Gasteiger partial charge in [-0.3, -0.25) is 14.8 Å². The van der Waals surface area contributed by atoms with Crippen molar-refractivity contribution in [3.63, 3.8) is 0 Å². The molecular weight excluding hydrogens is 489 g/mol. The zero-order valence-corrected chi connectivity index (χ0v) is 20.8. The summed E-state index contributed by atoms with van der Waals surface area (Å²) in [7, 11) is 0. The van der Waals surface area contributed by atoms with Crippen molar-refractivity contribution in [2.45, 2.75) is 38.8 Å². The number of hydrogen-bond donors (Lipinski definition) is 2. The molecule has 4 saturated heterocycles. The fourth-order valence-corrected chi connectivity index (χ4v) is 4.84. The third-order valence-corrected chi connectivity index (χ3v) is 6.58. The van der Waals surface area contributed by atoms with Crippen molar-refractivity contribution in [2.24, 2.45) is 10.9 Å². The minimum atomic E-state index is 0. The molecular formula is C23H38IN5O. The van der Waals surface area contributed by atoms with E-state index in [-0.39, 0.29) is 30.1 Å². The molecule has 4 heterocycles. The maximum Gasteiger partial charge on any atom is 0.191 e. The van der Waals surface area contributed by atoms with Crippen molar-refractivity contribution < 1.29 is 4.74 Å². The summed E-state index contributed by atoms with van der Waals surface area (Å²) >= 11 is 0. The van der Waals surface area contributed by atoms with E-state index in [4.69, 9.17) is 9.73 Å². The van der Waals surface area contributed by atoms with Crippen LogP contribution in [0.3, 0.4) is 0 Å². The van der Waals surface area contributed by atoms with Gasteiger partial charge < -0.3 is 15.4 Å². The van der Waals surface area contributed by atoms with Gasteiger partial charge in [-0.15, -0.1) is 24.0 Å². The van der Waals surface area contributed by atoms with E-state index in [9.17, 15) is 0 Å². The molecule has 0 aromatic heterocycles. The van der Waals surface area contributed by atoms with E-state index in [1.165, 1.54) is 50.3 Å². The number of halogens is 1. The lowest BCUT2D eigenvalue weighted by atomic mass is 9.89. The molecule has 1 aromatic rings. The first-order chi connectivity index (χ1) is 14.2. The zero-order chi connectivity index (χ0) is 20.1. The summed E-state index contributed by atoms with van der Waals surface area (Å²) in [6.07, 6.45) is 2.45. The van der Waals surface area contributed by atoms with E-state index in [0.717, 1.165) is 38.6 Å². The van der Waals surface area contributed by atoms with Gasteiger partial charge in [0.1, 0.15) is 0 Å². The number of hydrogen-bond acceptors (Lipinski definition) is 4. The van der Waals surface area contributed by atoms with Crippen molar-refractivity contribution in [3.8, 4) is 0 Å². The second kappa shape index (κ2) is 11.6. The Hall–Kier alpha value is -0.900. The molecule has 0 spiro atoms. The van der Waals surface area contributed by atoms with Gasteiger partial charge in [0.25, 0.3) is 0 Å². The van der Waals surface area contributed by atoms with Crippen LogP contribution in [0.5, 0.6) is 0 Å². The van der Waals surface area contributed by atoms with Crippen LogP contribution in [0.1, 0.15) is 37.0 Å². The first kappa shape index (κ1) is 23.8. The lowest BCUT2D eigenvalue weighted by Gasteiger charge is -2.47. The smallest absolute Gasteiger partial charge is 0.191 e. The van der Waals surface area contributed by atoms with Crippen LogP contribution in [-0.2, 0) is 4.74 Å². The van der Waals surface area contributed by atoms with Crippen molar-refractivity contribution in [3.05, 3.63) is 35.4 Å². The molecule has 1 aromatic carbocycles. The van der Waals surface area contributed by atoms with Crippen LogP contribution in [0, 0.1) is 12.8 Å². The van der Waals surface area contributed by atoms with Crippen LogP contribution in [0.25, 0.3) is 0 Å². The number of rotatable bonds is 6. The number of nitrogens with one attached hydrogen (secondary N) is 2. The maximum absolute atomic E-state index is 6.18. The van der Waals surface area contributed by atoms with Crippen LogP contribution >= 0.6 is 24.0 Å². The molecule has 0 radical (unpaired) electrons. The summed E-state index contributed by atoms with van der Waals surface area (Å²) in [6, 6.07) is 9.39. The Balaban J connectivity index is 0.00000256. The predicted molar refractivity (Wildman–Crippen MR) is 134 cm³/mol. The summed E-state index contributed by atoms with van der Waals surface area (Å²) in [5.41, 5.74) is 2.58. The van der Waals surface area contributed by atoms with Gasteiger partial charge in [-0.2, -0.15) is 0 Å². The monoisotopic (exact) mass is 527 g/mol. The van der Waals surface area contributed by atoms with Gasteiger partial charge in [0.15, 0.2) is 5.96 Å². The standard InChI is InChI=1S/C23H37N5O.HI/c1-3-24-23(26-16-21-17-27-10-12-28(21)13-11-27)25-15-20-5-4-14-29-22(20)19-8-6-18(2)7-9-19;/h6-9,20-22H,3-5,10-17H2,1-2H3,(H2,24,25,26);1H. The summed E-state index contributed by atoms with van der Waals surface area (Å²) < 4.78 is 6.18. The molecule has 168 valence electrons. The fourth-order valence-electron chi connectivity index (χ4n) is 4.84. The molecule has 3 unspecified atom stereocenters. The average molecular weight is 527 g/mol. The Morgan fingerprint density at radius 3 is 2.57 bits per heavy atom. The SMILES string of the molecule is CCNC(=NCC1CCCOC1c1ccc(C)cc1)NCC1CN2CCN1CC2.I. The Labute approximate surface area is 198 Å². The molecule has 4 fully saturated rings. The number of aryl methyl sites for hydroxylation is 1. The van der Waals surface area contributed by atoms with Crippen molar-refractivity contribution in [1.82, 2.24) is 20.4 Å². The van der Waals surface area contributed by atoms with Gasteiger partial charge >= 0.3 is 0 Å². The van der Waals surface area contributed by atoms with Gasteiger partial charge in [0.2, 0.25) is 0 Å². The van der Waals surface area contributed by atoms with E-state index >= 15 is 0 Å². The number of nitrogens with zero attached hydrogens (tertiary/aromatic N) is 3. The molecule has 7 heteroatoms. The lowest BCUT2D eigenvalue weighted by Crippen LogP contribution is -2.63. The summed E-state index contributed by atoms with van der Waals surface area (Å²) in [6.45, 7) is 13.8. The predicted octanol–water partition coefficient (Wildman–Crippen LogP) is 2.64. The van der Waals surface area contributed by atoms with Gasteiger partial charge in [-0.05, 0) is 32.3 Å². The minimum absolute atomic E-state index is 0. The van der Waals surface area contributed by atoms with Crippen LogP contribution < -0.4 is 10.6 Å². The lowest BCUT2D eigenvalue weighted by molar-refractivity contribution is -0.0250. The third kappa shape index (κ3) is 6.08. The summed E-state index contributed by atoms with van der Waals surface area (Å²) in [5.74, 6) is 1.38. The Morgan fingerprint density at radius 1 is 1.13 bits per heavy atom. The van der Waals surface area contributed by atoms with Crippen molar-refractivity contribution in [1.29, 1.82) is 0 Å². The molecule has 0 aliphatic carbocycles. The number of ether oxygens (including phenoxy) is 1. The second-order valence-corrected chi connectivity index (χ2v) is 8.70. The Kier molecular flexibility index (Phi) is 9.22. The van der Waals surface area contributed by atoms with Crippen LogP contribution in [-0.4, -0.2) is 80.8 Å². The topological polar surface area (TPSA) is 52.1 Å². The summed E-state index contributed by atoms with van der Waals surface area (Å²) in [5, 5.41) is 7.04. The highest BCUT2D eigenvalue weighted by Crippen LogP contribution is 2.34. The molecule has 0 saturated carbocycles. The highest BCUT2D eigenvalue weighted by Gasteiger charge is 2.32. The van der Waals surface area contributed by atoms with E-state index in [1.807, 2.05) is 0 Å². The molecule has 30 heavy (non-hydrogen) atoms. The molecule has 6 nitrogen and oxygen atoms in total. The first-order valence-electron chi connectivity index (χ1n) is 11.4. The molecule has 5 rings (SSSR count).